The van der Waals surface area contributed by atoms with Crippen LogP contribution in [0.15, 0.2) is 10.6 Å². The summed E-state index contributed by atoms with van der Waals surface area (Å²) in [5, 5.41) is 7.18. The number of carbonyl (C=O) groups is 1. The fourth-order valence-electron chi connectivity index (χ4n) is 2.62. The molecule has 2 rings (SSSR count). The molecule has 0 aromatic carbocycles. The molecule has 2 heterocycles. The van der Waals surface area contributed by atoms with Crippen molar-refractivity contribution >= 4 is 6.03 Å². The highest BCUT2D eigenvalue weighted by Crippen LogP contribution is 2.32. The fourth-order valence-corrected chi connectivity index (χ4v) is 2.62. The number of amides is 2. The van der Waals surface area contributed by atoms with Crippen molar-refractivity contribution in [1.29, 1.82) is 0 Å². The van der Waals surface area contributed by atoms with Crippen LogP contribution in [0.4, 0.5) is 4.79 Å². The minimum atomic E-state index is 0.0206. The van der Waals surface area contributed by atoms with Crippen LogP contribution < -0.4 is 5.32 Å². The molecule has 5 heteroatoms. The largest absolute Gasteiger partial charge is 0.361 e. The molecule has 0 radical (unpaired) electrons. The third-order valence-corrected chi connectivity index (χ3v) is 3.97. The van der Waals surface area contributed by atoms with Crippen molar-refractivity contribution in [3.63, 3.8) is 0 Å². The monoisotopic (exact) mass is 293 g/mol. The van der Waals surface area contributed by atoms with E-state index in [9.17, 15) is 4.79 Å². The molecule has 0 aliphatic carbocycles. The molecule has 1 atom stereocenters. The number of hydrogen-bond acceptors (Lipinski definition) is 3. The van der Waals surface area contributed by atoms with Gasteiger partial charge in [0.2, 0.25) is 0 Å². The van der Waals surface area contributed by atoms with Crippen LogP contribution in [0.2, 0.25) is 0 Å². The Morgan fingerprint density at radius 3 is 2.86 bits per heavy atom. The van der Waals surface area contributed by atoms with Crippen LogP contribution >= 0.6 is 0 Å². The van der Waals surface area contributed by atoms with E-state index in [0.717, 1.165) is 43.8 Å². The van der Waals surface area contributed by atoms with Crippen LogP contribution in [0.25, 0.3) is 0 Å². The fraction of sp³-hybridized carbons (Fsp3) is 0.750. The number of carbonyl (C=O) groups excluding carboxylic acids is 1. The third kappa shape index (κ3) is 3.99. The lowest BCUT2D eigenvalue weighted by atomic mass is 10.1. The van der Waals surface area contributed by atoms with Crippen molar-refractivity contribution in [3.05, 3.63) is 17.5 Å². The molecule has 1 fully saturated rings. The first-order valence-electron chi connectivity index (χ1n) is 8.00. The summed E-state index contributed by atoms with van der Waals surface area (Å²) in [6, 6.07) is 2.07. The van der Waals surface area contributed by atoms with Gasteiger partial charge in [-0.25, -0.2) is 4.79 Å². The Labute approximate surface area is 127 Å². The Morgan fingerprint density at radius 1 is 1.48 bits per heavy atom. The number of rotatable bonds is 5. The van der Waals surface area contributed by atoms with Crippen LogP contribution in [-0.4, -0.2) is 29.2 Å². The van der Waals surface area contributed by atoms with Gasteiger partial charge in [0.05, 0.1) is 6.04 Å². The quantitative estimate of drug-likeness (QED) is 0.900. The van der Waals surface area contributed by atoms with Gasteiger partial charge in [-0.2, -0.15) is 0 Å². The predicted octanol–water partition coefficient (Wildman–Crippen LogP) is 3.69. The van der Waals surface area contributed by atoms with Gasteiger partial charge in [-0.3, -0.25) is 0 Å². The molecule has 1 saturated heterocycles. The van der Waals surface area contributed by atoms with E-state index in [2.05, 4.69) is 38.2 Å². The zero-order valence-electron chi connectivity index (χ0n) is 13.6. The summed E-state index contributed by atoms with van der Waals surface area (Å²) < 4.78 is 5.37. The number of hydrogen-bond donors (Lipinski definition) is 1. The van der Waals surface area contributed by atoms with E-state index in [1.165, 1.54) is 0 Å². The molecule has 1 aromatic heterocycles. The second-order valence-electron chi connectivity index (χ2n) is 6.57. The van der Waals surface area contributed by atoms with E-state index < -0.39 is 0 Å². The molecule has 118 valence electrons. The average molecular weight is 293 g/mol. The van der Waals surface area contributed by atoms with Crippen molar-refractivity contribution in [2.24, 2.45) is 5.92 Å². The van der Waals surface area contributed by atoms with E-state index in [-0.39, 0.29) is 12.1 Å². The first-order chi connectivity index (χ1) is 9.99. The number of urea groups is 1. The van der Waals surface area contributed by atoms with Crippen LogP contribution in [0.5, 0.6) is 0 Å². The highest BCUT2D eigenvalue weighted by Gasteiger charge is 2.32. The Hall–Kier alpha value is -1.52. The molecule has 0 saturated carbocycles. The maximum atomic E-state index is 12.3. The van der Waals surface area contributed by atoms with Gasteiger partial charge < -0.3 is 14.7 Å². The zero-order valence-corrected chi connectivity index (χ0v) is 13.6. The summed E-state index contributed by atoms with van der Waals surface area (Å²) in [5.74, 6) is 1.81. The van der Waals surface area contributed by atoms with Gasteiger partial charge in [-0.15, -0.1) is 0 Å². The summed E-state index contributed by atoms with van der Waals surface area (Å²) in [6.45, 7) is 10.0. The summed E-state index contributed by atoms with van der Waals surface area (Å²) in [6.07, 6.45) is 2.99. The Bertz CT molecular complexity index is 468. The maximum absolute atomic E-state index is 12.3. The van der Waals surface area contributed by atoms with E-state index >= 15 is 0 Å². The summed E-state index contributed by atoms with van der Waals surface area (Å²) in [5.41, 5.74) is 0.884. The normalized spacial score (nSPS) is 18.8. The second-order valence-corrected chi connectivity index (χ2v) is 6.57. The molecule has 1 aromatic rings. The van der Waals surface area contributed by atoms with E-state index in [4.69, 9.17) is 4.52 Å². The van der Waals surface area contributed by atoms with Crippen molar-refractivity contribution in [1.82, 2.24) is 15.4 Å². The first-order valence-corrected chi connectivity index (χ1v) is 8.00. The molecule has 0 unspecified atom stereocenters. The zero-order chi connectivity index (χ0) is 15.4. The van der Waals surface area contributed by atoms with E-state index in [1.807, 2.05) is 11.0 Å². The number of nitrogens with one attached hydrogen (secondary N) is 1. The summed E-state index contributed by atoms with van der Waals surface area (Å²) in [4.78, 5) is 14.2. The highest BCUT2D eigenvalue weighted by molar-refractivity contribution is 5.75. The van der Waals surface area contributed by atoms with Gasteiger partial charge in [0, 0.05) is 25.1 Å². The molecule has 21 heavy (non-hydrogen) atoms. The Balaban J connectivity index is 1.97. The van der Waals surface area contributed by atoms with Gasteiger partial charge in [0.25, 0.3) is 0 Å². The smallest absolute Gasteiger partial charge is 0.317 e. The van der Waals surface area contributed by atoms with Crippen molar-refractivity contribution in [3.8, 4) is 0 Å². The van der Waals surface area contributed by atoms with Crippen LogP contribution in [-0.2, 0) is 0 Å². The number of aromatic nitrogens is 1. The van der Waals surface area contributed by atoms with Crippen LogP contribution in [0.3, 0.4) is 0 Å². The molecule has 1 aliphatic heterocycles. The standard InChI is InChI=1S/C16H27N3O2/c1-11(2)7-8-17-16(20)19-9-5-6-14(19)13-10-15(12(3)4)21-18-13/h10-12,14H,5-9H2,1-4H3,(H,17,20)/t14-/m1/s1. The first kappa shape index (κ1) is 15.9. The van der Waals surface area contributed by atoms with Gasteiger partial charge in [0.15, 0.2) is 0 Å². The lowest BCUT2D eigenvalue weighted by Gasteiger charge is -2.23. The number of nitrogens with zero attached hydrogens (tertiary/aromatic N) is 2. The molecule has 5 nitrogen and oxygen atoms in total. The molecule has 0 bridgehead atoms. The lowest BCUT2D eigenvalue weighted by molar-refractivity contribution is 0.190. The molecule has 1 N–H and O–H groups in total. The summed E-state index contributed by atoms with van der Waals surface area (Å²) >= 11 is 0. The van der Waals surface area contributed by atoms with Gasteiger partial charge >= 0.3 is 6.03 Å². The lowest BCUT2D eigenvalue weighted by Crippen LogP contribution is -2.40. The Kier molecular flexibility index (Phi) is 5.26. The predicted molar refractivity (Wildman–Crippen MR) is 82.1 cm³/mol. The minimum absolute atomic E-state index is 0.0206. The maximum Gasteiger partial charge on any atom is 0.317 e. The van der Waals surface area contributed by atoms with E-state index in [1.54, 1.807) is 0 Å². The average Bonchev–Trinajstić information content (AvgIpc) is 3.06. The van der Waals surface area contributed by atoms with Crippen molar-refractivity contribution in [2.45, 2.75) is 58.9 Å². The summed E-state index contributed by atoms with van der Waals surface area (Å²) in [7, 11) is 0. The SMILES string of the molecule is CC(C)CCNC(=O)N1CCC[C@@H]1c1cc(C(C)C)on1. The number of likely N-dealkylation sites (tertiary alicyclic amines) is 1. The van der Waals surface area contributed by atoms with Gasteiger partial charge in [0.1, 0.15) is 11.5 Å². The topological polar surface area (TPSA) is 58.4 Å². The van der Waals surface area contributed by atoms with Gasteiger partial charge in [-0.05, 0) is 25.2 Å². The highest BCUT2D eigenvalue weighted by atomic mass is 16.5. The molecule has 2 amide bonds. The second kappa shape index (κ2) is 6.96. The third-order valence-electron chi connectivity index (χ3n) is 3.97. The molecule has 1 aliphatic rings. The van der Waals surface area contributed by atoms with Crippen molar-refractivity contribution < 1.29 is 9.32 Å². The minimum Gasteiger partial charge on any atom is -0.361 e. The van der Waals surface area contributed by atoms with Crippen LogP contribution in [0, 0.1) is 5.92 Å². The Morgan fingerprint density at radius 2 is 2.24 bits per heavy atom. The van der Waals surface area contributed by atoms with Crippen LogP contribution in [0.1, 0.15) is 70.4 Å². The van der Waals surface area contributed by atoms with Gasteiger partial charge in [-0.1, -0.05) is 32.9 Å². The molecule has 0 spiro atoms. The van der Waals surface area contributed by atoms with E-state index in [0.29, 0.717) is 11.8 Å². The molecular weight excluding hydrogens is 266 g/mol. The van der Waals surface area contributed by atoms with Crippen molar-refractivity contribution in [2.75, 3.05) is 13.1 Å². The molecular formula is C16H27N3O2.